The van der Waals surface area contributed by atoms with E-state index in [1.165, 1.54) is 13.8 Å². The number of carbonyl (C=O) groups excluding carboxylic acids is 1. The zero-order chi connectivity index (χ0) is 12.2. The Bertz CT molecular complexity index is 346. The molecule has 88 valence electrons. The summed E-state index contributed by atoms with van der Waals surface area (Å²) in [6.07, 6.45) is 0.949. The molecule has 3 heteroatoms. The Labute approximate surface area is 96.1 Å². The summed E-state index contributed by atoms with van der Waals surface area (Å²) in [6.45, 7) is 5.67. The summed E-state index contributed by atoms with van der Waals surface area (Å²) in [7, 11) is 0. The summed E-state index contributed by atoms with van der Waals surface area (Å²) in [6, 6.07) is 6.83. The second-order valence-electron chi connectivity index (χ2n) is 4.26. The van der Waals surface area contributed by atoms with Crippen molar-refractivity contribution < 1.29 is 14.6 Å². The maximum absolute atomic E-state index is 11.7. The summed E-state index contributed by atoms with van der Waals surface area (Å²) < 4.78 is 5.40. The molecule has 0 aliphatic heterocycles. The Kier molecular flexibility index (Phi) is 4.07. The molecule has 0 spiro atoms. The minimum Gasteiger partial charge on any atom is -0.494 e. The maximum Gasteiger partial charge on any atom is 0.193 e. The molecule has 0 bridgehead atoms. The number of hydrogen-bond donors (Lipinski definition) is 1. The molecule has 3 nitrogen and oxygen atoms in total. The van der Waals surface area contributed by atoms with Gasteiger partial charge in [-0.15, -0.1) is 0 Å². The van der Waals surface area contributed by atoms with Gasteiger partial charge in [0.25, 0.3) is 0 Å². The van der Waals surface area contributed by atoms with E-state index in [9.17, 15) is 9.90 Å². The second kappa shape index (κ2) is 5.12. The zero-order valence-electron chi connectivity index (χ0n) is 9.99. The van der Waals surface area contributed by atoms with Crippen molar-refractivity contribution in [2.45, 2.75) is 32.8 Å². The van der Waals surface area contributed by atoms with Crippen LogP contribution in [0, 0.1) is 0 Å². The van der Waals surface area contributed by atoms with Crippen LogP contribution in [0.4, 0.5) is 0 Å². The topological polar surface area (TPSA) is 46.5 Å². The van der Waals surface area contributed by atoms with Gasteiger partial charge in [-0.1, -0.05) is 6.92 Å². The number of ether oxygens (including phenoxy) is 1. The van der Waals surface area contributed by atoms with Gasteiger partial charge < -0.3 is 9.84 Å². The van der Waals surface area contributed by atoms with Gasteiger partial charge in [0, 0.05) is 5.56 Å². The fourth-order valence-corrected chi connectivity index (χ4v) is 1.28. The van der Waals surface area contributed by atoms with E-state index in [4.69, 9.17) is 4.74 Å². The number of Topliss-reactive ketones (excluding diaryl/α,β-unsaturated/α-hetero) is 1. The Morgan fingerprint density at radius 3 is 2.31 bits per heavy atom. The molecule has 0 saturated heterocycles. The number of rotatable bonds is 5. The normalized spacial score (nSPS) is 11.2. The Morgan fingerprint density at radius 1 is 1.31 bits per heavy atom. The van der Waals surface area contributed by atoms with E-state index in [-0.39, 0.29) is 5.78 Å². The number of benzene rings is 1. The smallest absolute Gasteiger partial charge is 0.193 e. The van der Waals surface area contributed by atoms with Gasteiger partial charge >= 0.3 is 0 Å². The predicted octanol–water partition coefficient (Wildman–Crippen LogP) is 2.43. The van der Waals surface area contributed by atoms with E-state index in [0.717, 1.165) is 12.2 Å². The van der Waals surface area contributed by atoms with Crippen LogP contribution >= 0.6 is 0 Å². The summed E-state index contributed by atoms with van der Waals surface area (Å²) in [5.74, 6) is 0.462. The highest BCUT2D eigenvalue weighted by Crippen LogP contribution is 2.17. The van der Waals surface area contributed by atoms with Crippen LogP contribution in [-0.4, -0.2) is 23.1 Å². The van der Waals surface area contributed by atoms with E-state index in [0.29, 0.717) is 12.2 Å². The standard InChI is InChI=1S/C13H18O3/c1-4-9-16-11-7-5-10(6-8-11)12(14)13(2,3)15/h5-8,15H,4,9H2,1-3H3. The molecule has 0 heterocycles. The van der Waals surface area contributed by atoms with Gasteiger partial charge in [-0.05, 0) is 44.5 Å². The van der Waals surface area contributed by atoms with Crippen molar-refractivity contribution in [2.75, 3.05) is 6.61 Å². The zero-order valence-corrected chi connectivity index (χ0v) is 9.99. The largest absolute Gasteiger partial charge is 0.494 e. The van der Waals surface area contributed by atoms with Gasteiger partial charge in [-0.3, -0.25) is 4.79 Å². The molecule has 0 radical (unpaired) electrons. The summed E-state index contributed by atoms with van der Waals surface area (Å²) in [4.78, 5) is 11.7. The molecule has 1 aromatic rings. The van der Waals surface area contributed by atoms with Gasteiger partial charge in [0.2, 0.25) is 0 Å². The Balaban J connectivity index is 2.75. The van der Waals surface area contributed by atoms with Crippen molar-refractivity contribution in [3.63, 3.8) is 0 Å². The number of ketones is 1. The van der Waals surface area contributed by atoms with Gasteiger partial charge in [0.05, 0.1) is 6.61 Å². The van der Waals surface area contributed by atoms with Crippen molar-refractivity contribution in [1.29, 1.82) is 0 Å². The van der Waals surface area contributed by atoms with Crippen LogP contribution in [0.2, 0.25) is 0 Å². The molecule has 16 heavy (non-hydrogen) atoms. The van der Waals surface area contributed by atoms with Gasteiger partial charge in [-0.2, -0.15) is 0 Å². The first-order chi connectivity index (χ1) is 7.45. The minimum atomic E-state index is -1.33. The van der Waals surface area contributed by atoms with Crippen molar-refractivity contribution in [3.8, 4) is 5.75 Å². The first kappa shape index (κ1) is 12.7. The summed E-state index contributed by atoms with van der Waals surface area (Å²) in [5, 5.41) is 9.57. The SMILES string of the molecule is CCCOc1ccc(C(=O)C(C)(C)O)cc1. The van der Waals surface area contributed by atoms with E-state index in [1.807, 2.05) is 6.92 Å². The Morgan fingerprint density at radius 2 is 1.88 bits per heavy atom. The molecule has 0 aliphatic rings. The maximum atomic E-state index is 11.7. The number of carbonyl (C=O) groups is 1. The van der Waals surface area contributed by atoms with E-state index < -0.39 is 5.60 Å². The minimum absolute atomic E-state index is 0.283. The van der Waals surface area contributed by atoms with Gasteiger partial charge in [0.15, 0.2) is 5.78 Å². The summed E-state index contributed by atoms with van der Waals surface area (Å²) >= 11 is 0. The van der Waals surface area contributed by atoms with Crippen LogP contribution in [0.1, 0.15) is 37.6 Å². The third-order valence-electron chi connectivity index (χ3n) is 2.15. The first-order valence-corrected chi connectivity index (χ1v) is 5.45. The molecule has 0 fully saturated rings. The van der Waals surface area contributed by atoms with Crippen LogP contribution in [-0.2, 0) is 0 Å². The highest BCUT2D eigenvalue weighted by atomic mass is 16.5. The lowest BCUT2D eigenvalue weighted by Gasteiger charge is -2.15. The van der Waals surface area contributed by atoms with E-state index >= 15 is 0 Å². The van der Waals surface area contributed by atoms with Crippen LogP contribution in [0.25, 0.3) is 0 Å². The average molecular weight is 222 g/mol. The van der Waals surface area contributed by atoms with E-state index in [1.54, 1.807) is 24.3 Å². The average Bonchev–Trinajstić information content (AvgIpc) is 2.25. The molecule has 0 aliphatic carbocycles. The van der Waals surface area contributed by atoms with Crippen LogP contribution in [0.15, 0.2) is 24.3 Å². The fourth-order valence-electron chi connectivity index (χ4n) is 1.28. The van der Waals surface area contributed by atoms with Crippen molar-refractivity contribution in [2.24, 2.45) is 0 Å². The highest BCUT2D eigenvalue weighted by Gasteiger charge is 2.24. The first-order valence-electron chi connectivity index (χ1n) is 5.45. The quantitative estimate of drug-likeness (QED) is 0.778. The number of hydrogen-bond acceptors (Lipinski definition) is 3. The molecule has 1 aromatic carbocycles. The lowest BCUT2D eigenvalue weighted by atomic mass is 9.97. The van der Waals surface area contributed by atoms with Crippen LogP contribution in [0.5, 0.6) is 5.75 Å². The van der Waals surface area contributed by atoms with E-state index in [2.05, 4.69) is 0 Å². The third-order valence-corrected chi connectivity index (χ3v) is 2.15. The predicted molar refractivity (Wildman–Crippen MR) is 62.9 cm³/mol. The second-order valence-corrected chi connectivity index (χ2v) is 4.26. The molecule has 0 unspecified atom stereocenters. The molecule has 0 saturated carbocycles. The molecule has 1 N–H and O–H groups in total. The highest BCUT2D eigenvalue weighted by molar-refractivity contribution is 6.01. The lowest BCUT2D eigenvalue weighted by Crippen LogP contribution is -2.30. The molecule has 0 aromatic heterocycles. The van der Waals surface area contributed by atoms with Crippen LogP contribution in [0.3, 0.4) is 0 Å². The number of aliphatic hydroxyl groups is 1. The van der Waals surface area contributed by atoms with Crippen molar-refractivity contribution in [1.82, 2.24) is 0 Å². The monoisotopic (exact) mass is 222 g/mol. The van der Waals surface area contributed by atoms with Crippen LogP contribution < -0.4 is 4.74 Å². The molecular weight excluding hydrogens is 204 g/mol. The van der Waals surface area contributed by atoms with Gasteiger partial charge in [0.1, 0.15) is 11.4 Å². The lowest BCUT2D eigenvalue weighted by molar-refractivity contribution is 0.0488. The van der Waals surface area contributed by atoms with Crippen molar-refractivity contribution >= 4 is 5.78 Å². The molecular formula is C13H18O3. The van der Waals surface area contributed by atoms with Gasteiger partial charge in [-0.25, -0.2) is 0 Å². The molecule has 1 rings (SSSR count). The molecule has 0 atom stereocenters. The van der Waals surface area contributed by atoms with Crippen molar-refractivity contribution in [3.05, 3.63) is 29.8 Å². The molecule has 0 amide bonds. The third kappa shape index (κ3) is 3.35. The fraction of sp³-hybridized carbons (Fsp3) is 0.462. The Hall–Kier alpha value is -1.35. The summed E-state index contributed by atoms with van der Waals surface area (Å²) in [5.41, 5.74) is -0.831.